The van der Waals surface area contributed by atoms with E-state index in [-0.39, 0.29) is 18.9 Å². The first kappa shape index (κ1) is 14.2. The molecule has 1 amide bonds. The van der Waals surface area contributed by atoms with Crippen molar-refractivity contribution in [3.63, 3.8) is 0 Å². The van der Waals surface area contributed by atoms with Crippen LogP contribution in [0.3, 0.4) is 0 Å². The van der Waals surface area contributed by atoms with Crippen molar-refractivity contribution in [3.8, 4) is 5.75 Å². The van der Waals surface area contributed by atoms with Crippen LogP contribution in [0.25, 0.3) is 0 Å². The molecule has 3 N–H and O–H groups in total. The number of carbonyl (C=O) groups is 2. The number of carbonyl (C=O) groups excluding carboxylic acids is 1. The molecule has 0 aliphatic heterocycles. The second-order valence-electron chi connectivity index (χ2n) is 4.58. The summed E-state index contributed by atoms with van der Waals surface area (Å²) in [4.78, 5) is 22.8. The van der Waals surface area contributed by atoms with Crippen molar-refractivity contribution < 1.29 is 33.0 Å². The Hall–Kier alpha value is -2.25. The SMILES string of the molecule is O=C(NC1(C(=O)O)CCC1)c1cc(F)c(F)c(O)c1F. The normalized spacial score (nSPS) is 16.4. The molecule has 0 saturated heterocycles. The predicted molar refractivity (Wildman–Crippen MR) is 59.7 cm³/mol. The summed E-state index contributed by atoms with van der Waals surface area (Å²) in [5, 5.41) is 20.1. The lowest BCUT2D eigenvalue weighted by atomic mass is 9.76. The lowest BCUT2D eigenvalue weighted by Gasteiger charge is -2.38. The highest BCUT2D eigenvalue weighted by atomic mass is 19.2. The van der Waals surface area contributed by atoms with Gasteiger partial charge in [0.05, 0.1) is 5.56 Å². The molecule has 0 heterocycles. The van der Waals surface area contributed by atoms with Crippen molar-refractivity contribution in [2.24, 2.45) is 0 Å². The maximum atomic E-state index is 13.5. The van der Waals surface area contributed by atoms with Gasteiger partial charge in [0, 0.05) is 0 Å². The molecule has 1 aliphatic carbocycles. The summed E-state index contributed by atoms with van der Waals surface area (Å²) in [6.07, 6.45) is 0.884. The highest BCUT2D eigenvalue weighted by Crippen LogP contribution is 2.33. The molecule has 20 heavy (non-hydrogen) atoms. The van der Waals surface area contributed by atoms with Gasteiger partial charge in [0.2, 0.25) is 5.82 Å². The minimum atomic E-state index is -1.81. The van der Waals surface area contributed by atoms with Gasteiger partial charge < -0.3 is 15.5 Å². The van der Waals surface area contributed by atoms with E-state index < -0.39 is 46.2 Å². The lowest BCUT2D eigenvalue weighted by molar-refractivity contribution is -0.148. The fourth-order valence-electron chi connectivity index (χ4n) is 1.96. The molecule has 1 saturated carbocycles. The van der Waals surface area contributed by atoms with Crippen LogP contribution in [-0.4, -0.2) is 27.6 Å². The zero-order chi connectivity index (χ0) is 15.1. The van der Waals surface area contributed by atoms with Crippen LogP contribution in [-0.2, 0) is 4.79 Å². The Labute approximate surface area is 111 Å². The van der Waals surface area contributed by atoms with Gasteiger partial charge in [0.1, 0.15) is 5.54 Å². The minimum absolute atomic E-state index is 0.158. The number of hydrogen-bond donors (Lipinski definition) is 3. The number of phenolic OH excluding ortho intramolecular Hbond substituents is 1. The maximum Gasteiger partial charge on any atom is 0.329 e. The van der Waals surface area contributed by atoms with Gasteiger partial charge in [-0.25, -0.2) is 13.6 Å². The fourth-order valence-corrected chi connectivity index (χ4v) is 1.96. The van der Waals surface area contributed by atoms with Gasteiger partial charge in [-0.05, 0) is 25.3 Å². The molecule has 0 aromatic heterocycles. The summed E-state index contributed by atoms with van der Waals surface area (Å²) in [5.41, 5.74) is -2.47. The number of carboxylic acids is 1. The van der Waals surface area contributed by atoms with Gasteiger partial charge >= 0.3 is 5.97 Å². The van der Waals surface area contributed by atoms with Crippen LogP contribution >= 0.6 is 0 Å². The van der Waals surface area contributed by atoms with Crippen molar-refractivity contribution in [3.05, 3.63) is 29.1 Å². The van der Waals surface area contributed by atoms with Crippen LogP contribution in [0.5, 0.6) is 5.75 Å². The quantitative estimate of drug-likeness (QED) is 0.737. The summed E-state index contributed by atoms with van der Waals surface area (Å²) < 4.78 is 39.5. The van der Waals surface area contributed by atoms with E-state index in [1.54, 1.807) is 0 Å². The highest BCUT2D eigenvalue weighted by molar-refractivity contribution is 5.98. The van der Waals surface area contributed by atoms with Gasteiger partial charge in [-0.1, -0.05) is 0 Å². The second-order valence-corrected chi connectivity index (χ2v) is 4.58. The third kappa shape index (κ3) is 2.06. The molecule has 0 unspecified atom stereocenters. The molecule has 0 atom stereocenters. The van der Waals surface area contributed by atoms with Crippen LogP contribution in [0.2, 0.25) is 0 Å². The Kier molecular flexibility index (Phi) is 3.33. The van der Waals surface area contributed by atoms with E-state index in [4.69, 9.17) is 10.2 Å². The van der Waals surface area contributed by atoms with E-state index in [9.17, 15) is 22.8 Å². The van der Waals surface area contributed by atoms with Gasteiger partial charge in [0.15, 0.2) is 17.4 Å². The number of carboxylic acid groups (broad SMARTS) is 1. The maximum absolute atomic E-state index is 13.5. The first-order valence-electron chi connectivity index (χ1n) is 5.71. The van der Waals surface area contributed by atoms with Crippen molar-refractivity contribution in [2.45, 2.75) is 24.8 Å². The number of nitrogens with one attached hydrogen (secondary N) is 1. The van der Waals surface area contributed by atoms with E-state index in [0.29, 0.717) is 6.42 Å². The van der Waals surface area contributed by atoms with Crippen molar-refractivity contribution in [2.75, 3.05) is 0 Å². The smallest absolute Gasteiger partial charge is 0.329 e. The average Bonchev–Trinajstić information content (AvgIpc) is 2.34. The summed E-state index contributed by atoms with van der Waals surface area (Å²) >= 11 is 0. The van der Waals surface area contributed by atoms with Crippen LogP contribution in [0.15, 0.2) is 6.07 Å². The topological polar surface area (TPSA) is 86.6 Å². The molecule has 0 spiro atoms. The Bertz CT molecular complexity index is 599. The molecular formula is C12H10F3NO4. The molecular weight excluding hydrogens is 279 g/mol. The number of rotatable bonds is 3. The molecule has 108 valence electrons. The van der Waals surface area contributed by atoms with Crippen molar-refractivity contribution >= 4 is 11.9 Å². The number of phenols is 1. The van der Waals surface area contributed by atoms with Crippen LogP contribution in [0.4, 0.5) is 13.2 Å². The number of halogens is 3. The molecule has 0 bridgehead atoms. The summed E-state index contributed by atoms with van der Waals surface area (Å²) in [5.74, 6) is -9.18. The van der Waals surface area contributed by atoms with E-state index in [0.717, 1.165) is 0 Å². The van der Waals surface area contributed by atoms with Crippen LogP contribution < -0.4 is 5.32 Å². The Balaban J connectivity index is 2.33. The Morgan fingerprint density at radius 1 is 1.20 bits per heavy atom. The molecule has 1 aromatic carbocycles. The predicted octanol–water partition coefficient (Wildman–Crippen LogP) is 1.55. The summed E-state index contributed by atoms with van der Waals surface area (Å²) in [7, 11) is 0. The Morgan fingerprint density at radius 2 is 1.80 bits per heavy atom. The summed E-state index contributed by atoms with van der Waals surface area (Å²) in [6.45, 7) is 0. The monoisotopic (exact) mass is 289 g/mol. The van der Waals surface area contributed by atoms with Crippen LogP contribution in [0.1, 0.15) is 29.6 Å². The highest BCUT2D eigenvalue weighted by Gasteiger charge is 2.46. The number of aromatic hydroxyl groups is 1. The summed E-state index contributed by atoms with van der Waals surface area (Å²) in [6, 6.07) is 0.272. The third-order valence-corrected chi connectivity index (χ3v) is 3.35. The van der Waals surface area contributed by atoms with Crippen LogP contribution in [0, 0.1) is 17.5 Å². The molecule has 1 aliphatic rings. The average molecular weight is 289 g/mol. The largest absolute Gasteiger partial charge is 0.503 e. The molecule has 8 heteroatoms. The molecule has 1 fully saturated rings. The van der Waals surface area contributed by atoms with Crippen molar-refractivity contribution in [1.82, 2.24) is 5.32 Å². The second kappa shape index (κ2) is 4.69. The third-order valence-electron chi connectivity index (χ3n) is 3.35. The van der Waals surface area contributed by atoms with Crippen molar-refractivity contribution in [1.29, 1.82) is 0 Å². The lowest BCUT2D eigenvalue weighted by Crippen LogP contribution is -2.59. The van der Waals surface area contributed by atoms with Gasteiger partial charge in [-0.2, -0.15) is 4.39 Å². The van der Waals surface area contributed by atoms with Gasteiger partial charge in [-0.3, -0.25) is 4.79 Å². The first-order chi connectivity index (χ1) is 9.28. The standard InChI is InChI=1S/C12H10F3NO4/c13-6-4-5(7(14)9(17)8(6)15)10(18)16-12(11(19)20)2-1-3-12/h4,17H,1-3H2,(H,16,18)(H,19,20). The van der Waals surface area contributed by atoms with E-state index >= 15 is 0 Å². The first-order valence-corrected chi connectivity index (χ1v) is 5.71. The Morgan fingerprint density at radius 3 is 2.25 bits per heavy atom. The molecule has 2 rings (SSSR count). The molecule has 5 nitrogen and oxygen atoms in total. The molecule has 1 aromatic rings. The van der Waals surface area contributed by atoms with Gasteiger partial charge in [-0.15, -0.1) is 0 Å². The number of aliphatic carboxylic acids is 1. The minimum Gasteiger partial charge on any atom is -0.503 e. The van der Waals surface area contributed by atoms with E-state index in [2.05, 4.69) is 5.32 Å². The fraction of sp³-hybridized carbons (Fsp3) is 0.333. The zero-order valence-corrected chi connectivity index (χ0v) is 10.0. The number of benzene rings is 1. The van der Waals surface area contributed by atoms with E-state index in [1.165, 1.54) is 0 Å². The zero-order valence-electron chi connectivity index (χ0n) is 10.0. The van der Waals surface area contributed by atoms with Gasteiger partial charge in [0.25, 0.3) is 5.91 Å². The number of hydrogen-bond acceptors (Lipinski definition) is 3. The molecule has 0 radical (unpaired) electrons. The van der Waals surface area contributed by atoms with E-state index in [1.807, 2.05) is 0 Å². The number of amides is 1.